The van der Waals surface area contributed by atoms with Gasteiger partial charge in [0.05, 0.1) is 6.04 Å². The first-order valence-corrected chi connectivity index (χ1v) is 8.99. The highest BCUT2D eigenvalue weighted by Crippen LogP contribution is 2.24. The standard InChI is InChI=1S/C22H30N2O2/c1-22(2,3)18-11-13-19(14-12-18)26-16-21(25)23-15-20(24(4)5)17-9-7-6-8-10-17/h6-14,20H,15-16H2,1-5H3,(H,23,25). The van der Waals surface area contributed by atoms with Crippen LogP contribution in [0.3, 0.4) is 0 Å². The summed E-state index contributed by atoms with van der Waals surface area (Å²) in [4.78, 5) is 14.2. The van der Waals surface area contributed by atoms with Crippen LogP contribution in [0.5, 0.6) is 5.75 Å². The van der Waals surface area contributed by atoms with Crippen molar-refractivity contribution >= 4 is 5.91 Å². The minimum absolute atomic E-state index is 0.0177. The van der Waals surface area contributed by atoms with E-state index < -0.39 is 0 Å². The molecule has 0 aliphatic rings. The van der Waals surface area contributed by atoms with Gasteiger partial charge in [0, 0.05) is 6.54 Å². The van der Waals surface area contributed by atoms with Crippen molar-refractivity contribution in [3.05, 3.63) is 65.7 Å². The van der Waals surface area contributed by atoms with E-state index in [1.165, 1.54) is 11.1 Å². The van der Waals surface area contributed by atoms with Crippen LogP contribution < -0.4 is 10.1 Å². The number of carbonyl (C=O) groups is 1. The summed E-state index contributed by atoms with van der Waals surface area (Å²) in [6.07, 6.45) is 0. The van der Waals surface area contributed by atoms with Crippen LogP contribution in [0.1, 0.15) is 37.9 Å². The van der Waals surface area contributed by atoms with Gasteiger partial charge >= 0.3 is 0 Å². The summed E-state index contributed by atoms with van der Waals surface area (Å²) in [6.45, 7) is 7.07. The van der Waals surface area contributed by atoms with Gasteiger partial charge in [-0.2, -0.15) is 0 Å². The zero-order chi connectivity index (χ0) is 19.2. The molecule has 2 aromatic rings. The van der Waals surface area contributed by atoms with E-state index in [-0.39, 0.29) is 24.0 Å². The van der Waals surface area contributed by atoms with Crippen molar-refractivity contribution in [1.82, 2.24) is 10.2 Å². The molecule has 0 radical (unpaired) electrons. The summed E-state index contributed by atoms with van der Waals surface area (Å²) in [5.41, 5.74) is 2.52. The largest absolute Gasteiger partial charge is 0.484 e. The maximum atomic E-state index is 12.1. The molecule has 2 rings (SSSR count). The second kappa shape index (κ2) is 8.86. The molecular weight excluding hydrogens is 324 g/mol. The lowest BCUT2D eigenvalue weighted by atomic mass is 9.87. The second-order valence-corrected chi connectivity index (χ2v) is 7.76. The van der Waals surface area contributed by atoms with Gasteiger partial charge in [-0.1, -0.05) is 63.2 Å². The average molecular weight is 354 g/mol. The molecule has 4 nitrogen and oxygen atoms in total. The monoisotopic (exact) mass is 354 g/mol. The molecule has 0 spiro atoms. The molecule has 0 saturated carbocycles. The topological polar surface area (TPSA) is 41.6 Å². The van der Waals surface area contributed by atoms with E-state index in [1.54, 1.807) is 0 Å². The number of nitrogens with zero attached hydrogens (tertiary/aromatic N) is 1. The highest BCUT2D eigenvalue weighted by molar-refractivity contribution is 5.77. The molecule has 0 heterocycles. The molecular formula is C22H30N2O2. The van der Waals surface area contributed by atoms with E-state index in [1.807, 2.05) is 56.6 Å². The van der Waals surface area contributed by atoms with E-state index in [0.29, 0.717) is 12.3 Å². The third-order valence-corrected chi connectivity index (χ3v) is 4.39. The van der Waals surface area contributed by atoms with Gasteiger partial charge < -0.3 is 15.0 Å². The van der Waals surface area contributed by atoms with Crippen LogP contribution in [-0.2, 0) is 10.2 Å². The second-order valence-electron chi connectivity index (χ2n) is 7.76. The molecule has 1 unspecified atom stereocenters. The van der Waals surface area contributed by atoms with Gasteiger partial charge in [0.1, 0.15) is 5.75 Å². The van der Waals surface area contributed by atoms with Gasteiger partial charge in [-0.05, 0) is 42.8 Å². The fourth-order valence-corrected chi connectivity index (χ4v) is 2.74. The maximum Gasteiger partial charge on any atom is 0.258 e. The Bertz CT molecular complexity index is 688. The summed E-state index contributed by atoms with van der Waals surface area (Å²) in [6, 6.07) is 18.2. The fourth-order valence-electron chi connectivity index (χ4n) is 2.74. The lowest BCUT2D eigenvalue weighted by Crippen LogP contribution is -2.36. The highest BCUT2D eigenvalue weighted by Gasteiger charge is 2.16. The molecule has 0 fully saturated rings. The number of likely N-dealkylation sites (N-methyl/N-ethyl adjacent to an activating group) is 1. The van der Waals surface area contributed by atoms with Crippen LogP contribution in [0.2, 0.25) is 0 Å². The van der Waals surface area contributed by atoms with Crippen LogP contribution >= 0.6 is 0 Å². The Morgan fingerprint density at radius 2 is 1.65 bits per heavy atom. The molecule has 0 aliphatic carbocycles. The van der Waals surface area contributed by atoms with Crippen LogP contribution in [0.25, 0.3) is 0 Å². The summed E-state index contributed by atoms with van der Waals surface area (Å²) < 4.78 is 5.61. The zero-order valence-corrected chi connectivity index (χ0v) is 16.5. The number of ether oxygens (including phenoxy) is 1. The number of benzene rings is 2. The molecule has 2 aromatic carbocycles. The number of rotatable bonds is 7. The molecule has 0 aromatic heterocycles. The Hall–Kier alpha value is -2.33. The molecule has 1 atom stereocenters. The molecule has 0 bridgehead atoms. The summed E-state index contributed by atoms with van der Waals surface area (Å²) in [5, 5.41) is 2.96. The van der Waals surface area contributed by atoms with Gasteiger partial charge in [-0.3, -0.25) is 4.79 Å². The Balaban J connectivity index is 1.84. The number of hydrogen-bond acceptors (Lipinski definition) is 3. The average Bonchev–Trinajstić information content (AvgIpc) is 2.60. The molecule has 0 saturated heterocycles. The van der Waals surface area contributed by atoms with Gasteiger partial charge in [0.25, 0.3) is 5.91 Å². The van der Waals surface area contributed by atoms with E-state index in [2.05, 4.69) is 43.1 Å². The molecule has 26 heavy (non-hydrogen) atoms. The van der Waals surface area contributed by atoms with Gasteiger partial charge in [0.15, 0.2) is 6.61 Å². The predicted molar refractivity (Wildman–Crippen MR) is 107 cm³/mol. The molecule has 1 amide bonds. The van der Waals surface area contributed by atoms with E-state index in [4.69, 9.17) is 4.74 Å². The highest BCUT2D eigenvalue weighted by atomic mass is 16.5. The minimum Gasteiger partial charge on any atom is -0.484 e. The third-order valence-electron chi connectivity index (χ3n) is 4.39. The van der Waals surface area contributed by atoms with Crippen molar-refractivity contribution in [3.8, 4) is 5.75 Å². The first-order chi connectivity index (χ1) is 12.3. The number of carbonyl (C=O) groups excluding carboxylic acids is 1. The first-order valence-electron chi connectivity index (χ1n) is 8.99. The maximum absolute atomic E-state index is 12.1. The Labute approximate surface area is 157 Å². The Morgan fingerprint density at radius 1 is 1.04 bits per heavy atom. The van der Waals surface area contributed by atoms with Gasteiger partial charge in [-0.25, -0.2) is 0 Å². The summed E-state index contributed by atoms with van der Waals surface area (Å²) >= 11 is 0. The quantitative estimate of drug-likeness (QED) is 0.823. The van der Waals surface area contributed by atoms with Gasteiger partial charge in [0.2, 0.25) is 0 Å². The summed E-state index contributed by atoms with van der Waals surface area (Å²) in [7, 11) is 4.02. The predicted octanol–water partition coefficient (Wildman–Crippen LogP) is 3.78. The molecule has 4 heteroatoms. The Kier molecular flexibility index (Phi) is 6.81. The lowest BCUT2D eigenvalue weighted by molar-refractivity contribution is -0.123. The van der Waals surface area contributed by atoms with E-state index >= 15 is 0 Å². The Morgan fingerprint density at radius 3 is 2.19 bits per heavy atom. The third kappa shape index (κ3) is 5.88. The van der Waals surface area contributed by atoms with Crippen molar-refractivity contribution in [2.75, 3.05) is 27.2 Å². The van der Waals surface area contributed by atoms with Crippen LogP contribution in [0.4, 0.5) is 0 Å². The zero-order valence-electron chi connectivity index (χ0n) is 16.5. The fraction of sp³-hybridized carbons (Fsp3) is 0.409. The summed E-state index contributed by atoms with van der Waals surface area (Å²) in [5.74, 6) is 0.591. The van der Waals surface area contributed by atoms with Crippen molar-refractivity contribution < 1.29 is 9.53 Å². The number of amides is 1. The van der Waals surface area contributed by atoms with Crippen LogP contribution in [0.15, 0.2) is 54.6 Å². The van der Waals surface area contributed by atoms with Gasteiger partial charge in [-0.15, -0.1) is 0 Å². The van der Waals surface area contributed by atoms with Crippen LogP contribution in [-0.4, -0.2) is 38.1 Å². The minimum atomic E-state index is -0.118. The van der Waals surface area contributed by atoms with Crippen molar-refractivity contribution in [2.24, 2.45) is 0 Å². The normalized spacial score (nSPS) is 12.7. The van der Waals surface area contributed by atoms with Crippen molar-refractivity contribution in [3.63, 3.8) is 0 Å². The molecule has 0 aliphatic heterocycles. The number of hydrogen-bond donors (Lipinski definition) is 1. The molecule has 1 N–H and O–H groups in total. The van der Waals surface area contributed by atoms with E-state index in [9.17, 15) is 4.79 Å². The smallest absolute Gasteiger partial charge is 0.258 e. The lowest BCUT2D eigenvalue weighted by Gasteiger charge is -2.25. The first kappa shape index (κ1) is 20.0. The van der Waals surface area contributed by atoms with Crippen molar-refractivity contribution in [1.29, 1.82) is 0 Å². The van der Waals surface area contributed by atoms with Crippen LogP contribution in [0, 0.1) is 0 Å². The number of nitrogens with one attached hydrogen (secondary N) is 1. The molecule has 140 valence electrons. The van der Waals surface area contributed by atoms with E-state index in [0.717, 1.165) is 0 Å². The van der Waals surface area contributed by atoms with Crippen molar-refractivity contribution in [2.45, 2.75) is 32.2 Å². The SMILES string of the molecule is CN(C)C(CNC(=O)COc1ccc(C(C)(C)C)cc1)c1ccccc1.